The summed E-state index contributed by atoms with van der Waals surface area (Å²) in [7, 11) is 2.99. The molecule has 0 radical (unpaired) electrons. The lowest BCUT2D eigenvalue weighted by Gasteiger charge is -2.23. The lowest BCUT2D eigenvalue weighted by molar-refractivity contribution is -0.117. The van der Waals surface area contributed by atoms with Gasteiger partial charge in [-0.05, 0) is 13.8 Å². The quantitative estimate of drug-likeness (QED) is 0.723. The highest BCUT2D eigenvalue weighted by molar-refractivity contribution is 5.98. The Kier molecular flexibility index (Phi) is 4.83. The summed E-state index contributed by atoms with van der Waals surface area (Å²) in [4.78, 5) is 51.2. The van der Waals surface area contributed by atoms with Crippen LogP contribution < -0.4 is 10.9 Å². The molecule has 2 amide bonds. The highest BCUT2D eigenvalue weighted by atomic mass is 16.5. The maximum atomic E-state index is 13.0. The predicted octanol–water partition coefficient (Wildman–Crippen LogP) is -0.565. The fourth-order valence-electron chi connectivity index (χ4n) is 3.29. The second-order valence-corrected chi connectivity index (χ2v) is 6.54. The van der Waals surface area contributed by atoms with Gasteiger partial charge in [-0.3, -0.25) is 19.2 Å². The van der Waals surface area contributed by atoms with E-state index in [1.807, 2.05) is 6.92 Å². The van der Waals surface area contributed by atoms with Crippen LogP contribution in [-0.4, -0.2) is 63.5 Å². The number of aromatic nitrogens is 3. The minimum Gasteiger partial charge on any atom is -0.383 e. The Morgan fingerprint density at radius 2 is 2.07 bits per heavy atom. The molecule has 0 aliphatic carbocycles. The van der Waals surface area contributed by atoms with Gasteiger partial charge in [0.2, 0.25) is 0 Å². The first-order valence-corrected chi connectivity index (χ1v) is 8.47. The van der Waals surface area contributed by atoms with Gasteiger partial charge in [-0.2, -0.15) is 9.61 Å². The molecule has 2 aromatic rings. The SMILES string of the molecule is CNC(=O)c1cc2n(CC(C)=O)c3c(c(=O)n2n1)CN([C@@H](C)COC)C3=O. The molecule has 1 atom stereocenters. The summed E-state index contributed by atoms with van der Waals surface area (Å²) in [6, 6.07) is 1.16. The number of amides is 2. The molecule has 0 saturated carbocycles. The topological polar surface area (TPSA) is 115 Å². The number of carbonyl (C=O) groups excluding carboxylic acids is 3. The third-order valence-corrected chi connectivity index (χ3v) is 4.55. The fraction of sp³-hybridized carbons (Fsp3) is 0.471. The number of carbonyl (C=O) groups is 3. The first kappa shape index (κ1) is 18.8. The van der Waals surface area contributed by atoms with Crippen LogP contribution in [0.4, 0.5) is 0 Å². The second-order valence-electron chi connectivity index (χ2n) is 6.54. The lowest BCUT2D eigenvalue weighted by Crippen LogP contribution is -2.37. The number of nitrogens with one attached hydrogen (secondary N) is 1. The second kappa shape index (κ2) is 6.95. The largest absolute Gasteiger partial charge is 0.383 e. The molecule has 0 unspecified atom stereocenters. The average molecular weight is 375 g/mol. The molecule has 3 rings (SSSR count). The van der Waals surface area contributed by atoms with Crippen molar-refractivity contribution in [3.05, 3.63) is 33.4 Å². The van der Waals surface area contributed by atoms with Gasteiger partial charge in [0.05, 0.1) is 31.3 Å². The van der Waals surface area contributed by atoms with Crippen LogP contribution in [0.25, 0.3) is 5.65 Å². The zero-order valence-corrected chi connectivity index (χ0v) is 15.6. The van der Waals surface area contributed by atoms with Gasteiger partial charge in [0.15, 0.2) is 5.69 Å². The number of Topliss-reactive ketones (excluding diaryl/α,β-unsaturated/α-hetero) is 1. The maximum Gasteiger partial charge on any atom is 0.280 e. The van der Waals surface area contributed by atoms with Crippen LogP contribution in [0.1, 0.15) is 40.4 Å². The number of hydrogen-bond acceptors (Lipinski definition) is 6. The van der Waals surface area contributed by atoms with Gasteiger partial charge in [0.25, 0.3) is 17.4 Å². The Balaban J connectivity index is 2.25. The van der Waals surface area contributed by atoms with Crippen molar-refractivity contribution in [2.24, 2.45) is 0 Å². The van der Waals surface area contributed by atoms with Crippen LogP contribution in [0.2, 0.25) is 0 Å². The first-order valence-electron chi connectivity index (χ1n) is 8.47. The van der Waals surface area contributed by atoms with E-state index < -0.39 is 11.5 Å². The predicted molar refractivity (Wildman–Crippen MR) is 94.7 cm³/mol. The van der Waals surface area contributed by atoms with Gasteiger partial charge >= 0.3 is 0 Å². The van der Waals surface area contributed by atoms with E-state index in [1.54, 1.807) is 0 Å². The molecule has 1 aliphatic rings. The van der Waals surface area contributed by atoms with Gasteiger partial charge in [-0.15, -0.1) is 0 Å². The Hall–Kier alpha value is -3.01. The van der Waals surface area contributed by atoms with Crippen LogP contribution >= 0.6 is 0 Å². The molecule has 144 valence electrons. The third-order valence-electron chi connectivity index (χ3n) is 4.55. The van der Waals surface area contributed by atoms with Gasteiger partial charge in [0.1, 0.15) is 17.1 Å². The molecule has 1 N–H and O–H groups in total. The molecule has 1 aliphatic heterocycles. The van der Waals surface area contributed by atoms with E-state index >= 15 is 0 Å². The van der Waals surface area contributed by atoms with E-state index in [9.17, 15) is 19.2 Å². The van der Waals surface area contributed by atoms with Crippen LogP contribution in [0.15, 0.2) is 10.9 Å². The van der Waals surface area contributed by atoms with Crippen molar-refractivity contribution in [3.63, 3.8) is 0 Å². The van der Waals surface area contributed by atoms with Crippen molar-refractivity contribution < 1.29 is 19.1 Å². The molecule has 3 heterocycles. The molecule has 10 heteroatoms. The third kappa shape index (κ3) is 3.01. The van der Waals surface area contributed by atoms with E-state index in [0.717, 1.165) is 4.52 Å². The zero-order chi connectivity index (χ0) is 19.9. The fourth-order valence-corrected chi connectivity index (χ4v) is 3.29. The zero-order valence-electron chi connectivity index (χ0n) is 15.6. The average Bonchev–Trinajstić information content (AvgIpc) is 3.20. The van der Waals surface area contributed by atoms with Crippen molar-refractivity contribution in [2.45, 2.75) is 33.0 Å². The number of ketones is 1. The summed E-state index contributed by atoms with van der Waals surface area (Å²) in [5.74, 6) is -1.01. The Labute approximate surface area is 154 Å². The normalized spacial score (nSPS) is 14.5. The van der Waals surface area contributed by atoms with E-state index in [-0.39, 0.29) is 53.4 Å². The molecule has 0 spiro atoms. The van der Waals surface area contributed by atoms with E-state index in [0.29, 0.717) is 6.61 Å². The van der Waals surface area contributed by atoms with Crippen molar-refractivity contribution in [1.29, 1.82) is 0 Å². The maximum absolute atomic E-state index is 13.0. The lowest BCUT2D eigenvalue weighted by atomic mass is 10.2. The van der Waals surface area contributed by atoms with E-state index in [4.69, 9.17) is 4.74 Å². The summed E-state index contributed by atoms with van der Waals surface area (Å²) < 4.78 is 7.64. The molecule has 27 heavy (non-hydrogen) atoms. The first-order chi connectivity index (χ1) is 12.8. The van der Waals surface area contributed by atoms with Crippen LogP contribution in [0.3, 0.4) is 0 Å². The molecule has 0 saturated heterocycles. The number of nitrogens with zero attached hydrogens (tertiary/aromatic N) is 4. The summed E-state index contributed by atoms with van der Waals surface area (Å²) in [6.07, 6.45) is 0. The van der Waals surface area contributed by atoms with Crippen LogP contribution in [-0.2, 0) is 22.6 Å². The summed E-state index contributed by atoms with van der Waals surface area (Å²) in [5, 5.41) is 6.51. The van der Waals surface area contributed by atoms with Crippen LogP contribution in [0.5, 0.6) is 0 Å². The van der Waals surface area contributed by atoms with E-state index in [1.165, 1.54) is 36.6 Å². The molecular formula is C17H21N5O5. The van der Waals surface area contributed by atoms with Crippen molar-refractivity contribution >= 4 is 23.2 Å². The monoisotopic (exact) mass is 375 g/mol. The number of hydrogen-bond donors (Lipinski definition) is 1. The number of methoxy groups -OCH3 is 1. The summed E-state index contributed by atoms with van der Waals surface area (Å²) in [5.41, 5.74) is 0.197. The Morgan fingerprint density at radius 1 is 1.37 bits per heavy atom. The highest BCUT2D eigenvalue weighted by Crippen LogP contribution is 2.24. The molecular weight excluding hydrogens is 354 g/mol. The number of ether oxygens (including phenoxy) is 1. The molecule has 2 aromatic heterocycles. The van der Waals surface area contributed by atoms with Crippen LogP contribution in [0, 0.1) is 0 Å². The highest BCUT2D eigenvalue weighted by Gasteiger charge is 2.37. The van der Waals surface area contributed by atoms with Crippen molar-refractivity contribution in [2.75, 3.05) is 20.8 Å². The minimum atomic E-state index is -0.476. The van der Waals surface area contributed by atoms with Gasteiger partial charge < -0.3 is 19.5 Å². The summed E-state index contributed by atoms with van der Waals surface area (Å²) in [6.45, 7) is 3.52. The smallest absolute Gasteiger partial charge is 0.280 e. The van der Waals surface area contributed by atoms with Crippen molar-refractivity contribution in [3.8, 4) is 0 Å². The molecule has 0 bridgehead atoms. The molecule has 10 nitrogen and oxygen atoms in total. The minimum absolute atomic E-state index is 0.0348. The Bertz CT molecular complexity index is 1010. The number of fused-ring (bicyclic) bond motifs is 2. The van der Waals surface area contributed by atoms with Gasteiger partial charge in [-0.1, -0.05) is 0 Å². The molecule has 0 aromatic carbocycles. The standard InChI is InChI=1S/C17H21N5O5/c1-9(8-27-4)20-7-11-14(17(20)26)21(6-10(2)23)13-5-12(15(24)18-3)19-22(13)16(11)25/h5,9H,6-8H2,1-4H3,(H,18,24)/t9-/m0/s1. The van der Waals surface area contributed by atoms with Gasteiger partial charge in [0, 0.05) is 20.2 Å². The summed E-state index contributed by atoms with van der Waals surface area (Å²) >= 11 is 0. The van der Waals surface area contributed by atoms with Crippen molar-refractivity contribution in [1.82, 2.24) is 24.4 Å². The van der Waals surface area contributed by atoms with Gasteiger partial charge in [-0.25, -0.2) is 0 Å². The number of rotatable bonds is 6. The van der Waals surface area contributed by atoms with E-state index in [2.05, 4.69) is 10.4 Å². The Morgan fingerprint density at radius 3 is 2.67 bits per heavy atom. The molecule has 0 fully saturated rings.